The zero-order valence-corrected chi connectivity index (χ0v) is 14.7. The van der Waals surface area contributed by atoms with Gasteiger partial charge in [0, 0.05) is 31.0 Å². The Kier molecular flexibility index (Phi) is 4.60. The summed E-state index contributed by atoms with van der Waals surface area (Å²) in [5.74, 6) is -0.539. The molecule has 1 aliphatic rings. The van der Waals surface area contributed by atoms with Gasteiger partial charge in [-0.1, -0.05) is 24.3 Å². The first-order chi connectivity index (χ1) is 13.2. The van der Waals surface area contributed by atoms with Crippen molar-refractivity contribution in [3.63, 3.8) is 0 Å². The van der Waals surface area contributed by atoms with Crippen LogP contribution in [0.1, 0.15) is 27.5 Å². The molecule has 27 heavy (non-hydrogen) atoms. The number of aliphatic hydroxyl groups excluding tert-OH is 1. The average Bonchev–Trinajstić information content (AvgIpc) is 3.18. The van der Waals surface area contributed by atoms with E-state index in [0.717, 1.165) is 17.5 Å². The summed E-state index contributed by atoms with van der Waals surface area (Å²) in [6.07, 6.45) is 4.15. The lowest BCUT2D eigenvalue weighted by atomic mass is 9.92. The number of carbonyl (C=O) groups excluding carboxylic acids is 2. The van der Waals surface area contributed by atoms with Crippen molar-refractivity contribution in [1.29, 1.82) is 0 Å². The Balaban J connectivity index is 1.55. The zero-order chi connectivity index (χ0) is 18.8. The predicted octanol–water partition coefficient (Wildman–Crippen LogP) is 1.18. The quantitative estimate of drug-likeness (QED) is 0.728. The molecule has 1 atom stereocenters. The Morgan fingerprint density at radius 1 is 1.22 bits per heavy atom. The molecule has 1 aliphatic heterocycles. The van der Waals surface area contributed by atoms with Gasteiger partial charge in [-0.25, -0.2) is 4.52 Å². The van der Waals surface area contributed by atoms with Crippen molar-refractivity contribution in [3.8, 4) is 0 Å². The van der Waals surface area contributed by atoms with Crippen LogP contribution in [-0.2, 0) is 11.2 Å². The first-order valence-electron chi connectivity index (χ1n) is 8.87. The summed E-state index contributed by atoms with van der Waals surface area (Å²) in [5.41, 5.74) is 3.55. The highest BCUT2D eigenvalue weighted by atomic mass is 16.3. The number of aromatic nitrogens is 2. The van der Waals surface area contributed by atoms with Crippen LogP contribution >= 0.6 is 0 Å². The predicted molar refractivity (Wildman–Crippen MR) is 99.2 cm³/mol. The summed E-state index contributed by atoms with van der Waals surface area (Å²) >= 11 is 0. The van der Waals surface area contributed by atoms with E-state index in [1.165, 1.54) is 5.56 Å². The second-order valence-corrected chi connectivity index (χ2v) is 6.54. The van der Waals surface area contributed by atoms with Crippen LogP contribution in [0.25, 0.3) is 5.52 Å². The molecule has 3 heterocycles. The van der Waals surface area contributed by atoms with Gasteiger partial charge in [0.1, 0.15) is 6.61 Å². The van der Waals surface area contributed by atoms with E-state index in [2.05, 4.69) is 10.4 Å². The number of benzene rings is 1. The second kappa shape index (κ2) is 7.20. The highest BCUT2D eigenvalue weighted by Gasteiger charge is 2.30. The third kappa shape index (κ3) is 3.29. The number of pyridine rings is 1. The van der Waals surface area contributed by atoms with Crippen molar-refractivity contribution in [2.75, 3.05) is 19.7 Å². The first kappa shape index (κ1) is 17.2. The molecule has 0 fully saturated rings. The first-order valence-corrected chi connectivity index (χ1v) is 8.87. The fourth-order valence-corrected chi connectivity index (χ4v) is 3.62. The van der Waals surface area contributed by atoms with Gasteiger partial charge in [0.05, 0.1) is 11.6 Å². The van der Waals surface area contributed by atoms with Crippen molar-refractivity contribution in [2.45, 2.75) is 12.5 Å². The molecule has 0 radical (unpaired) electrons. The average molecular weight is 364 g/mol. The Morgan fingerprint density at radius 2 is 2.07 bits per heavy atom. The van der Waals surface area contributed by atoms with Gasteiger partial charge in [-0.3, -0.25) is 9.59 Å². The van der Waals surface area contributed by atoms with Gasteiger partial charge in [-0.15, -0.1) is 0 Å². The van der Waals surface area contributed by atoms with Crippen LogP contribution in [0.4, 0.5) is 0 Å². The molecule has 2 amide bonds. The Hall–Kier alpha value is -3.19. The lowest BCUT2D eigenvalue weighted by molar-refractivity contribution is -0.137. The molecule has 1 aromatic carbocycles. The number of amides is 2. The number of rotatable bonds is 4. The van der Waals surface area contributed by atoms with Gasteiger partial charge >= 0.3 is 0 Å². The van der Waals surface area contributed by atoms with Crippen LogP contribution in [0.15, 0.2) is 54.9 Å². The van der Waals surface area contributed by atoms with Gasteiger partial charge in [-0.05, 0) is 35.7 Å². The Labute approximate surface area is 156 Å². The monoisotopic (exact) mass is 364 g/mol. The summed E-state index contributed by atoms with van der Waals surface area (Å²) in [5, 5.41) is 16.4. The SMILES string of the molecule is O=C(NCC1c2ccccc2CCN1C(=O)CO)c1ccn2nccc2c1. The molecular weight excluding hydrogens is 344 g/mol. The maximum Gasteiger partial charge on any atom is 0.251 e. The maximum absolute atomic E-state index is 12.6. The summed E-state index contributed by atoms with van der Waals surface area (Å²) in [7, 11) is 0. The molecule has 0 aliphatic carbocycles. The second-order valence-electron chi connectivity index (χ2n) is 6.54. The van der Waals surface area contributed by atoms with Crippen LogP contribution in [0, 0.1) is 0 Å². The van der Waals surface area contributed by atoms with Crippen molar-refractivity contribution in [1.82, 2.24) is 19.8 Å². The maximum atomic E-state index is 12.6. The third-order valence-corrected chi connectivity index (χ3v) is 4.99. The number of hydrogen-bond acceptors (Lipinski definition) is 4. The lowest BCUT2D eigenvalue weighted by Gasteiger charge is -2.37. The van der Waals surface area contributed by atoms with E-state index < -0.39 is 6.61 Å². The lowest BCUT2D eigenvalue weighted by Crippen LogP contribution is -2.46. The van der Waals surface area contributed by atoms with E-state index >= 15 is 0 Å². The minimum atomic E-state index is -0.537. The highest BCUT2D eigenvalue weighted by molar-refractivity contribution is 5.95. The number of fused-ring (bicyclic) bond motifs is 2. The Bertz CT molecular complexity index is 998. The molecule has 0 saturated heterocycles. The summed E-state index contributed by atoms with van der Waals surface area (Å²) < 4.78 is 1.69. The molecule has 2 aromatic heterocycles. The van der Waals surface area contributed by atoms with Gasteiger partial charge in [0.15, 0.2) is 0 Å². The molecule has 0 saturated carbocycles. The number of carbonyl (C=O) groups is 2. The van der Waals surface area contributed by atoms with Gasteiger partial charge < -0.3 is 15.3 Å². The summed E-state index contributed by atoms with van der Waals surface area (Å²) in [6.45, 7) is 0.273. The van der Waals surface area contributed by atoms with E-state index in [0.29, 0.717) is 12.1 Å². The van der Waals surface area contributed by atoms with Crippen molar-refractivity contribution in [3.05, 3.63) is 71.5 Å². The van der Waals surface area contributed by atoms with Crippen LogP contribution in [0.3, 0.4) is 0 Å². The fourth-order valence-electron chi connectivity index (χ4n) is 3.62. The topological polar surface area (TPSA) is 86.9 Å². The van der Waals surface area contributed by atoms with Crippen molar-refractivity contribution in [2.24, 2.45) is 0 Å². The van der Waals surface area contributed by atoms with E-state index in [-0.39, 0.29) is 24.4 Å². The van der Waals surface area contributed by atoms with Gasteiger partial charge in [0.2, 0.25) is 5.91 Å². The van der Waals surface area contributed by atoms with E-state index in [1.54, 1.807) is 33.9 Å². The van der Waals surface area contributed by atoms with Gasteiger partial charge in [0.25, 0.3) is 5.91 Å². The summed E-state index contributed by atoms with van der Waals surface area (Å²) in [6, 6.07) is 12.9. The molecule has 0 spiro atoms. The molecule has 138 valence electrons. The molecule has 7 nitrogen and oxygen atoms in total. The fraction of sp³-hybridized carbons (Fsp3) is 0.250. The van der Waals surface area contributed by atoms with Crippen LogP contribution in [-0.4, -0.2) is 51.1 Å². The normalized spacial score (nSPS) is 16.2. The van der Waals surface area contributed by atoms with E-state index in [4.69, 9.17) is 0 Å². The van der Waals surface area contributed by atoms with Crippen LogP contribution in [0.2, 0.25) is 0 Å². The van der Waals surface area contributed by atoms with Crippen LogP contribution in [0.5, 0.6) is 0 Å². The number of hydrogen-bond donors (Lipinski definition) is 2. The third-order valence-electron chi connectivity index (χ3n) is 4.99. The Morgan fingerprint density at radius 3 is 2.93 bits per heavy atom. The molecule has 0 bridgehead atoms. The van der Waals surface area contributed by atoms with Crippen LogP contribution < -0.4 is 5.32 Å². The number of nitrogens with one attached hydrogen (secondary N) is 1. The zero-order valence-electron chi connectivity index (χ0n) is 14.7. The molecule has 4 rings (SSSR count). The molecular formula is C20H20N4O3. The molecule has 2 N–H and O–H groups in total. The van der Waals surface area contributed by atoms with Crippen molar-refractivity contribution >= 4 is 17.3 Å². The number of nitrogens with zero attached hydrogens (tertiary/aromatic N) is 3. The van der Waals surface area contributed by atoms with E-state index in [1.807, 2.05) is 30.3 Å². The molecule has 1 unspecified atom stereocenters. The molecule has 3 aromatic rings. The minimum absolute atomic E-state index is 0.210. The number of aliphatic hydroxyl groups is 1. The van der Waals surface area contributed by atoms with Gasteiger partial charge in [-0.2, -0.15) is 5.10 Å². The summed E-state index contributed by atoms with van der Waals surface area (Å²) in [4.78, 5) is 26.4. The van der Waals surface area contributed by atoms with E-state index in [9.17, 15) is 14.7 Å². The molecule has 7 heteroatoms. The van der Waals surface area contributed by atoms with Crippen molar-refractivity contribution < 1.29 is 14.7 Å². The smallest absolute Gasteiger partial charge is 0.251 e. The minimum Gasteiger partial charge on any atom is -0.387 e. The standard InChI is InChI=1S/C20H20N4O3/c25-13-19(26)23-9-6-14-3-1-2-4-17(14)18(23)12-21-20(27)15-7-10-24-16(11-15)5-8-22-24/h1-5,7-8,10-11,18,25H,6,9,12-13H2,(H,21,27). The highest BCUT2D eigenvalue weighted by Crippen LogP contribution is 2.29. The largest absolute Gasteiger partial charge is 0.387 e.